The number of carbonyl (C=O) groups excluding carboxylic acids is 2. The highest BCUT2D eigenvalue weighted by Crippen LogP contribution is 2.24. The minimum Gasteiger partial charge on any atom is -0.488 e. The second-order valence-electron chi connectivity index (χ2n) is 7.46. The van der Waals surface area contributed by atoms with E-state index in [1.807, 2.05) is 55.5 Å². The van der Waals surface area contributed by atoms with Crippen LogP contribution in [0.4, 0.5) is 4.79 Å². The number of benzene rings is 3. The second-order valence-corrected chi connectivity index (χ2v) is 7.46. The third-order valence-corrected chi connectivity index (χ3v) is 5.16. The molecule has 0 unspecified atom stereocenters. The molecule has 0 aromatic heterocycles. The number of nitrogens with one attached hydrogen (secondary N) is 1. The highest BCUT2D eigenvalue weighted by Gasteiger charge is 2.33. The van der Waals surface area contributed by atoms with Gasteiger partial charge in [-0.05, 0) is 30.7 Å². The van der Waals surface area contributed by atoms with Gasteiger partial charge in [0.15, 0.2) is 0 Å². The third kappa shape index (κ3) is 4.52. The Morgan fingerprint density at radius 1 is 1.00 bits per heavy atom. The van der Waals surface area contributed by atoms with Crippen LogP contribution in [-0.4, -0.2) is 16.8 Å². The lowest BCUT2D eigenvalue weighted by atomic mass is 10.1. The summed E-state index contributed by atoms with van der Waals surface area (Å²) >= 11 is 0. The third-order valence-electron chi connectivity index (χ3n) is 5.16. The maximum atomic E-state index is 12.9. The molecule has 0 spiro atoms. The van der Waals surface area contributed by atoms with E-state index in [2.05, 4.69) is 11.4 Å². The Bertz CT molecular complexity index is 1240. The summed E-state index contributed by atoms with van der Waals surface area (Å²) in [4.78, 5) is 26.5. The molecule has 6 nitrogen and oxygen atoms in total. The van der Waals surface area contributed by atoms with E-state index in [9.17, 15) is 14.9 Å². The van der Waals surface area contributed by atoms with Gasteiger partial charge >= 0.3 is 6.03 Å². The molecule has 158 valence electrons. The number of aryl methyl sites for hydroxylation is 1. The van der Waals surface area contributed by atoms with Gasteiger partial charge in [0.05, 0.1) is 18.2 Å². The summed E-state index contributed by atoms with van der Waals surface area (Å²) in [7, 11) is 0. The second kappa shape index (κ2) is 9.19. The van der Waals surface area contributed by atoms with Crippen molar-refractivity contribution in [3.05, 3.63) is 106 Å². The Hall–Kier alpha value is -4.37. The molecule has 0 saturated carbocycles. The van der Waals surface area contributed by atoms with Crippen LogP contribution in [0.25, 0.3) is 6.08 Å². The van der Waals surface area contributed by atoms with Crippen molar-refractivity contribution in [2.75, 3.05) is 0 Å². The summed E-state index contributed by atoms with van der Waals surface area (Å²) in [6, 6.07) is 23.9. The molecular formula is C26H21N3O3. The monoisotopic (exact) mass is 423 g/mol. The highest BCUT2D eigenvalue weighted by molar-refractivity contribution is 6.14. The summed E-state index contributed by atoms with van der Waals surface area (Å²) in [6.07, 6.45) is 1.61. The molecule has 1 fully saturated rings. The molecule has 1 aliphatic heterocycles. The molecule has 0 bridgehead atoms. The zero-order valence-electron chi connectivity index (χ0n) is 17.5. The Balaban J connectivity index is 1.52. The minimum absolute atomic E-state index is 0.190. The summed E-state index contributed by atoms with van der Waals surface area (Å²) in [6.45, 7) is 2.39. The number of urea groups is 1. The largest absolute Gasteiger partial charge is 0.488 e. The molecule has 3 amide bonds. The van der Waals surface area contributed by atoms with E-state index < -0.39 is 6.03 Å². The molecule has 32 heavy (non-hydrogen) atoms. The fourth-order valence-electron chi connectivity index (χ4n) is 3.39. The first-order valence-corrected chi connectivity index (χ1v) is 10.1. The Labute approximate surface area is 186 Å². The van der Waals surface area contributed by atoms with Crippen LogP contribution in [0, 0.1) is 18.3 Å². The van der Waals surface area contributed by atoms with Crippen LogP contribution in [0.1, 0.15) is 27.8 Å². The van der Waals surface area contributed by atoms with Gasteiger partial charge in [0, 0.05) is 11.1 Å². The number of rotatable bonds is 6. The molecular weight excluding hydrogens is 402 g/mol. The first kappa shape index (κ1) is 20.9. The van der Waals surface area contributed by atoms with Gasteiger partial charge in [-0.2, -0.15) is 5.26 Å². The van der Waals surface area contributed by atoms with E-state index in [0.717, 1.165) is 16.7 Å². The quantitative estimate of drug-likeness (QED) is 0.466. The number of hydrogen-bond acceptors (Lipinski definition) is 4. The number of imide groups is 1. The number of hydrogen-bond donors (Lipinski definition) is 1. The first-order chi connectivity index (χ1) is 15.5. The normalized spacial score (nSPS) is 14.4. The molecule has 0 aliphatic carbocycles. The van der Waals surface area contributed by atoms with Gasteiger partial charge in [-0.15, -0.1) is 0 Å². The van der Waals surface area contributed by atoms with Gasteiger partial charge in [-0.3, -0.25) is 9.69 Å². The van der Waals surface area contributed by atoms with E-state index >= 15 is 0 Å². The Kier molecular flexibility index (Phi) is 6.00. The summed E-state index contributed by atoms with van der Waals surface area (Å²) in [5, 5.41) is 11.9. The van der Waals surface area contributed by atoms with Crippen molar-refractivity contribution in [1.29, 1.82) is 5.26 Å². The number of amides is 3. The summed E-state index contributed by atoms with van der Waals surface area (Å²) in [5.41, 5.74) is 4.15. The van der Waals surface area contributed by atoms with Gasteiger partial charge in [0.1, 0.15) is 18.1 Å². The Morgan fingerprint density at radius 2 is 1.72 bits per heavy atom. The maximum Gasteiger partial charge on any atom is 0.329 e. The van der Waals surface area contributed by atoms with Crippen molar-refractivity contribution in [3.8, 4) is 11.8 Å². The molecule has 4 rings (SSSR count). The fourth-order valence-corrected chi connectivity index (χ4v) is 3.39. The van der Waals surface area contributed by atoms with Crippen molar-refractivity contribution in [2.24, 2.45) is 0 Å². The van der Waals surface area contributed by atoms with Gasteiger partial charge in [0.25, 0.3) is 5.91 Å². The molecule has 1 saturated heterocycles. The lowest BCUT2D eigenvalue weighted by molar-refractivity contribution is -0.123. The topological polar surface area (TPSA) is 82.4 Å². The van der Waals surface area contributed by atoms with E-state index in [1.54, 1.807) is 30.3 Å². The number of ether oxygens (including phenoxy) is 1. The summed E-state index contributed by atoms with van der Waals surface area (Å²) < 4.78 is 5.94. The average molecular weight is 423 g/mol. The van der Waals surface area contributed by atoms with Crippen LogP contribution in [0.15, 0.2) is 78.5 Å². The van der Waals surface area contributed by atoms with Gasteiger partial charge in [-0.25, -0.2) is 4.79 Å². The maximum absolute atomic E-state index is 12.9. The molecule has 1 N–H and O–H groups in total. The van der Waals surface area contributed by atoms with Crippen molar-refractivity contribution in [2.45, 2.75) is 20.1 Å². The van der Waals surface area contributed by atoms with E-state index in [-0.39, 0.29) is 24.8 Å². The fraction of sp³-hybridized carbons (Fsp3) is 0.115. The average Bonchev–Trinajstić information content (AvgIpc) is 3.07. The molecule has 6 heteroatoms. The van der Waals surface area contributed by atoms with Gasteiger partial charge in [-0.1, -0.05) is 66.2 Å². The predicted octanol–water partition coefficient (Wildman–Crippen LogP) is 4.54. The summed E-state index contributed by atoms with van der Waals surface area (Å²) in [5.74, 6) is 0.159. The van der Waals surface area contributed by atoms with Crippen LogP contribution in [0.5, 0.6) is 5.75 Å². The Morgan fingerprint density at radius 3 is 2.50 bits per heavy atom. The zero-order valence-corrected chi connectivity index (χ0v) is 17.5. The molecule has 3 aromatic carbocycles. The molecule has 1 aliphatic rings. The number of carbonyl (C=O) groups is 2. The van der Waals surface area contributed by atoms with Crippen LogP contribution >= 0.6 is 0 Å². The highest BCUT2D eigenvalue weighted by atomic mass is 16.5. The van der Waals surface area contributed by atoms with E-state index in [0.29, 0.717) is 16.9 Å². The van der Waals surface area contributed by atoms with Crippen LogP contribution in [0.2, 0.25) is 0 Å². The lowest BCUT2D eigenvalue weighted by Gasteiger charge is -2.12. The SMILES string of the molecule is Cc1ccc(CN2C(=O)NC(=Cc3ccccc3OCc3ccccc3C#N)C2=O)cc1. The first-order valence-electron chi connectivity index (χ1n) is 10.1. The van der Waals surface area contributed by atoms with Crippen molar-refractivity contribution in [1.82, 2.24) is 10.2 Å². The van der Waals surface area contributed by atoms with Crippen molar-refractivity contribution >= 4 is 18.0 Å². The van der Waals surface area contributed by atoms with Gasteiger partial charge < -0.3 is 10.1 Å². The van der Waals surface area contributed by atoms with E-state index in [1.165, 1.54) is 4.90 Å². The standard InChI is InChI=1S/C26H21N3O3/c1-18-10-12-19(13-11-18)16-29-25(30)23(28-26(29)31)14-20-6-4-5-9-24(20)32-17-22-8-3-2-7-21(22)15-27/h2-14H,16-17H2,1H3,(H,28,31). The number of nitriles is 1. The molecule has 0 atom stereocenters. The molecule has 1 heterocycles. The van der Waals surface area contributed by atoms with Crippen LogP contribution in [-0.2, 0) is 17.9 Å². The predicted molar refractivity (Wildman–Crippen MR) is 120 cm³/mol. The van der Waals surface area contributed by atoms with Crippen molar-refractivity contribution < 1.29 is 14.3 Å². The number of nitrogens with zero attached hydrogens (tertiary/aromatic N) is 2. The van der Waals surface area contributed by atoms with Crippen LogP contribution in [0.3, 0.4) is 0 Å². The number of para-hydroxylation sites is 1. The lowest BCUT2D eigenvalue weighted by Crippen LogP contribution is -2.30. The van der Waals surface area contributed by atoms with Gasteiger partial charge in [0.2, 0.25) is 0 Å². The minimum atomic E-state index is -0.455. The molecule has 3 aromatic rings. The van der Waals surface area contributed by atoms with Crippen LogP contribution < -0.4 is 10.1 Å². The zero-order chi connectivity index (χ0) is 22.5. The van der Waals surface area contributed by atoms with Crippen molar-refractivity contribution in [3.63, 3.8) is 0 Å². The molecule has 0 radical (unpaired) electrons. The van der Waals surface area contributed by atoms with E-state index in [4.69, 9.17) is 4.74 Å². The smallest absolute Gasteiger partial charge is 0.329 e.